The van der Waals surface area contributed by atoms with Crippen LogP contribution in [0.5, 0.6) is 0 Å². The fourth-order valence-corrected chi connectivity index (χ4v) is 3.94. The van der Waals surface area contributed by atoms with Gasteiger partial charge in [0.05, 0.1) is 25.4 Å². The summed E-state index contributed by atoms with van der Waals surface area (Å²) in [5, 5.41) is 11.7. The molecule has 1 saturated heterocycles. The summed E-state index contributed by atoms with van der Waals surface area (Å²) in [5.74, 6) is -0.539. The molecule has 1 amide bonds. The second-order valence-corrected chi connectivity index (χ2v) is 8.15. The number of carbonyl (C=O) groups is 2. The van der Waals surface area contributed by atoms with Crippen LogP contribution in [0, 0.1) is 0 Å². The van der Waals surface area contributed by atoms with Crippen LogP contribution in [0.2, 0.25) is 5.02 Å². The Balaban J connectivity index is 1.66. The molecule has 0 radical (unpaired) electrons. The molecule has 0 aliphatic carbocycles. The van der Waals surface area contributed by atoms with Gasteiger partial charge in [-0.05, 0) is 44.4 Å². The molecular formula is C22H28ClN5O3. The highest BCUT2D eigenvalue weighted by Gasteiger charge is 2.38. The number of aromatic nitrogens is 3. The SMILES string of the molecule is CC=C(C)CN1C[C@H](n2cc(C(=O)OC)nn2)C[C@H]1C(=O)NCCc1cccc(Cl)c1. The summed E-state index contributed by atoms with van der Waals surface area (Å²) in [6, 6.07) is 7.30. The molecule has 8 nitrogen and oxygen atoms in total. The number of ether oxygens (including phenoxy) is 1. The summed E-state index contributed by atoms with van der Waals surface area (Å²) >= 11 is 6.03. The molecule has 31 heavy (non-hydrogen) atoms. The number of methoxy groups -OCH3 is 1. The molecule has 166 valence electrons. The first-order valence-corrected chi connectivity index (χ1v) is 10.7. The van der Waals surface area contributed by atoms with E-state index in [1.54, 1.807) is 10.9 Å². The van der Waals surface area contributed by atoms with Crippen LogP contribution in [0.4, 0.5) is 0 Å². The van der Waals surface area contributed by atoms with Crippen molar-refractivity contribution in [2.24, 2.45) is 0 Å². The van der Waals surface area contributed by atoms with Gasteiger partial charge >= 0.3 is 5.97 Å². The molecule has 1 aromatic heterocycles. The van der Waals surface area contributed by atoms with E-state index in [2.05, 4.69) is 20.5 Å². The Morgan fingerprint density at radius 1 is 1.39 bits per heavy atom. The fraction of sp³-hybridized carbons (Fsp3) is 0.455. The highest BCUT2D eigenvalue weighted by Crippen LogP contribution is 2.28. The van der Waals surface area contributed by atoms with Crippen LogP contribution in [0.25, 0.3) is 0 Å². The molecule has 2 aromatic rings. The summed E-state index contributed by atoms with van der Waals surface area (Å²) in [6.45, 7) is 5.90. The first kappa shape index (κ1) is 23.0. The minimum absolute atomic E-state index is 0.0123. The molecule has 1 N–H and O–H groups in total. The molecule has 0 bridgehead atoms. The number of allylic oxidation sites excluding steroid dienone is 1. The van der Waals surface area contributed by atoms with Gasteiger partial charge in [-0.2, -0.15) is 0 Å². The Kier molecular flexibility index (Phi) is 7.81. The Morgan fingerprint density at radius 3 is 2.90 bits per heavy atom. The summed E-state index contributed by atoms with van der Waals surface area (Å²) in [4.78, 5) is 26.8. The van der Waals surface area contributed by atoms with Crippen molar-refractivity contribution in [3.8, 4) is 0 Å². The first-order valence-electron chi connectivity index (χ1n) is 10.3. The van der Waals surface area contributed by atoms with Gasteiger partial charge in [0.15, 0.2) is 5.69 Å². The van der Waals surface area contributed by atoms with Gasteiger partial charge in [-0.15, -0.1) is 5.10 Å². The molecule has 2 heterocycles. The minimum Gasteiger partial charge on any atom is -0.464 e. The Morgan fingerprint density at radius 2 is 2.19 bits per heavy atom. The molecule has 1 fully saturated rings. The van der Waals surface area contributed by atoms with E-state index in [0.29, 0.717) is 37.5 Å². The van der Waals surface area contributed by atoms with Gasteiger partial charge in [0.2, 0.25) is 5.91 Å². The monoisotopic (exact) mass is 445 g/mol. The molecule has 0 saturated carbocycles. The lowest BCUT2D eigenvalue weighted by atomic mass is 10.1. The number of benzene rings is 1. The van der Waals surface area contributed by atoms with E-state index in [4.69, 9.17) is 16.3 Å². The maximum absolute atomic E-state index is 13.0. The van der Waals surface area contributed by atoms with Gasteiger partial charge in [0.1, 0.15) is 0 Å². The molecule has 2 atom stereocenters. The quantitative estimate of drug-likeness (QED) is 0.496. The van der Waals surface area contributed by atoms with E-state index >= 15 is 0 Å². The van der Waals surface area contributed by atoms with Crippen LogP contribution in [0.3, 0.4) is 0 Å². The Bertz CT molecular complexity index is 958. The minimum atomic E-state index is -0.527. The van der Waals surface area contributed by atoms with Crippen molar-refractivity contribution >= 4 is 23.5 Å². The van der Waals surface area contributed by atoms with Crippen LogP contribution < -0.4 is 5.32 Å². The van der Waals surface area contributed by atoms with Crippen molar-refractivity contribution in [3.05, 3.63) is 58.4 Å². The lowest BCUT2D eigenvalue weighted by Crippen LogP contribution is -2.44. The predicted octanol–water partition coefficient (Wildman–Crippen LogP) is 2.66. The van der Waals surface area contributed by atoms with Crippen molar-refractivity contribution in [1.82, 2.24) is 25.2 Å². The highest BCUT2D eigenvalue weighted by molar-refractivity contribution is 6.30. The normalized spacial score (nSPS) is 19.4. The van der Waals surface area contributed by atoms with Crippen LogP contribution in [-0.2, 0) is 16.0 Å². The number of nitrogens with zero attached hydrogens (tertiary/aromatic N) is 4. The van der Waals surface area contributed by atoms with E-state index in [1.807, 2.05) is 44.2 Å². The summed E-state index contributed by atoms with van der Waals surface area (Å²) < 4.78 is 6.36. The standard InChI is InChI=1S/C22H28ClN5O3/c1-4-15(2)12-27-13-18(28-14-19(25-26-28)22(30)31-3)11-20(27)21(29)24-9-8-16-6-5-7-17(23)10-16/h4-7,10,14,18,20H,8-9,11-13H2,1-3H3,(H,24,29)/t18-,20+/m1/s1. The third-order valence-electron chi connectivity index (χ3n) is 5.51. The molecule has 1 aromatic carbocycles. The number of hydrogen-bond donors (Lipinski definition) is 1. The van der Waals surface area contributed by atoms with E-state index in [9.17, 15) is 9.59 Å². The van der Waals surface area contributed by atoms with E-state index in [0.717, 1.165) is 5.56 Å². The number of hydrogen-bond acceptors (Lipinski definition) is 6. The van der Waals surface area contributed by atoms with Crippen molar-refractivity contribution in [3.63, 3.8) is 0 Å². The van der Waals surface area contributed by atoms with E-state index in [1.165, 1.54) is 12.7 Å². The van der Waals surface area contributed by atoms with Crippen LogP contribution in [-0.4, -0.2) is 64.6 Å². The van der Waals surface area contributed by atoms with Gasteiger partial charge in [-0.1, -0.05) is 40.6 Å². The number of amides is 1. The van der Waals surface area contributed by atoms with Gasteiger partial charge in [0.25, 0.3) is 0 Å². The van der Waals surface area contributed by atoms with Gasteiger partial charge in [0, 0.05) is 24.7 Å². The average Bonchev–Trinajstić information content (AvgIpc) is 3.40. The zero-order chi connectivity index (χ0) is 22.4. The smallest absolute Gasteiger partial charge is 0.360 e. The van der Waals surface area contributed by atoms with E-state index in [-0.39, 0.29) is 23.7 Å². The average molecular weight is 446 g/mol. The maximum Gasteiger partial charge on any atom is 0.360 e. The number of halogens is 1. The number of rotatable bonds is 8. The Hall–Kier alpha value is -2.71. The molecule has 9 heteroatoms. The van der Waals surface area contributed by atoms with Crippen molar-refractivity contribution in [2.75, 3.05) is 26.7 Å². The van der Waals surface area contributed by atoms with Crippen LogP contribution in [0.15, 0.2) is 42.1 Å². The summed E-state index contributed by atoms with van der Waals surface area (Å²) in [7, 11) is 1.31. The third kappa shape index (κ3) is 5.92. The molecule has 0 unspecified atom stereocenters. The third-order valence-corrected chi connectivity index (χ3v) is 5.75. The summed E-state index contributed by atoms with van der Waals surface area (Å²) in [6.07, 6.45) is 4.93. The zero-order valence-corrected chi connectivity index (χ0v) is 18.8. The lowest BCUT2D eigenvalue weighted by molar-refractivity contribution is -0.125. The number of nitrogens with one attached hydrogen (secondary N) is 1. The second-order valence-electron chi connectivity index (χ2n) is 7.72. The zero-order valence-electron chi connectivity index (χ0n) is 18.0. The molecule has 0 spiro atoms. The number of esters is 1. The number of carbonyl (C=O) groups excluding carboxylic acids is 2. The molecular weight excluding hydrogens is 418 g/mol. The maximum atomic E-state index is 13.0. The highest BCUT2D eigenvalue weighted by atomic mass is 35.5. The predicted molar refractivity (Wildman–Crippen MR) is 118 cm³/mol. The molecule has 3 rings (SSSR count). The van der Waals surface area contributed by atoms with Crippen molar-refractivity contribution < 1.29 is 14.3 Å². The van der Waals surface area contributed by atoms with E-state index < -0.39 is 5.97 Å². The second kappa shape index (κ2) is 10.5. The molecule has 1 aliphatic heterocycles. The Labute approximate surface area is 187 Å². The van der Waals surface area contributed by atoms with Gasteiger partial charge in [-0.3, -0.25) is 9.69 Å². The van der Waals surface area contributed by atoms with Gasteiger partial charge < -0.3 is 10.1 Å². The lowest BCUT2D eigenvalue weighted by Gasteiger charge is -2.23. The first-order chi connectivity index (χ1) is 14.9. The summed E-state index contributed by atoms with van der Waals surface area (Å²) in [5.41, 5.74) is 2.43. The fourth-order valence-electron chi connectivity index (χ4n) is 3.72. The van der Waals surface area contributed by atoms with Crippen molar-refractivity contribution in [2.45, 2.75) is 38.8 Å². The largest absolute Gasteiger partial charge is 0.464 e. The number of likely N-dealkylation sites (tertiary alicyclic amines) is 1. The topological polar surface area (TPSA) is 89.3 Å². The van der Waals surface area contributed by atoms with Crippen molar-refractivity contribution in [1.29, 1.82) is 0 Å². The van der Waals surface area contributed by atoms with Gasteiger partial charge in [-0.25, -0.2) is 9.48 Å². The molecule has 1 aliphatic rings. The van der Waals surface area contributed by atoms with Crippen LogP contribution in [0.1, 0.15) is 42.4 Å². The van der Waals surface area contributed by atoms with Crippen LogP contribution >= 0.6 is 11.6 Å².